The largest absolute Gasteiger partial charge is 0.396 e. The van der Waals surface area contributed by atoms with Crippen LogP contribution in [0.4, 0.5) is 5.69 Å². The van der Waals surface area contributed by atoms with Crippen LogP contribution in [0.5, 0.6) is 0 Å². The Labute approximate surface area is 95.1 Å². The van der Waals surface area contributed by atoms with Crippen LogP contribution in [0, 0.1) is 6.92 Å². The zero-order valence-corrected chi connectivity index (χ0v) is 9.81. The van der Waals surface area contributed by atoms with Crippen molar-refractivity contribution in [1.82, 2.24) is 14.8 Å². The molecule has 2 rings (SSSR count). The van der Waals surface area contributed by atoms with Crippen LogP contribution >= 0.6 is 0 Å². The first kappa shape index (κ1) is 10.7. The number of anilines is 1. The molecule has 0 radical (unpaired) electrons. The molecule has 0 aliphatic carbocycles. The molecule has 0 aliphatic rings. The number of hydrogen-bond donors (Lipinski definition) is 1. The Balaban J connectivity index is 2.56. The SMILES string of the molecule is Cc1ccnc(-n2ncc(N)c2C(C)C)c1. The summed E-state index contributed by atoms with van der Waals surface area (Å²) in [4.78, 5) is 4.31. The van der Waals surface area contributed by atoms with Crippen molar-refractivity contribution >= 4 is 5.69 Å². The number of hydrogen-bond acceptors (Lipinski definition) is 3. The molecule has 0 fully saturated rings. The molecule has 0 saturated carbocycles. The fourth-order valence-corrected chi connectivity index (χ4v) is 1.77. The lowest BCUT2D eigenvalue weighted by Gasteiger charge is -2.10. The second kappa shape index (κ2) is 3.96. The van der Waals surface area contributed by atoms with E-state index in [9.17, 15) is 0 Å². The Morgan fingerprint density at radius 3 is 2.75 bits per heavy atom. The first-order valence-corrected chi connectivity index (χ1v) is 5.36. The van der Waals surface area contributed by atoms with Crippen molar-refractivity contribution in [2.75, 3.05) is 5.73 Å². The third kappa shape index (κ3) is 1.78. The van der Waals surface area contributed by atoms with E-state index < -0.39 is 0 Å². The van der Waals surface area contributed by atoms with Gasteiger partial charge in [0, 0.05) is 6.20 Å². The summed E-state index contributed by atoms with van der Waals surface area (Å²) in [5, 5.41) is 4.28. The van der Waals surface area contributed by atoms with Crippen LogP contribution in [0.2, 0.25) is 0 Å². The van der Waals surface area contributed by atoms with Gasteiger partial charge in [-0.25, -0.2) is 9.67 Å². The van der Waals surface area contributed by atoms with Crippen molar-refractivity contribution in [1.29, 1.82) is 0 Å². The number of aryl methyl sites for hydroxylation is 1. The van der Waals surface area contributed by atoms with Crippen molar-refractivity contribution in [2.45, 2.75) is 26.7 Å². The number of nitrogens with two attached hydrogens (primary N) is 1. The van der Waals surface area contributed by atoms with Crippen LogP contribution in [0.25, 0.3) is 5.82 Å². The van der Waals surface area contributed by atoms with E-state index in [1.165, 1.54) is 0 Å². The summed E-state index contributed by atoms with van der Waals surface area (Å²) in [6.45, 7) is 6.23. The van der Waals surface area contributed by atoms with Gasteiger partial charge in [0.05, 0.1) is 17.6 Å². The van der Waals surface area contributed by atoms with Gasteiger partial charge in [-0.1, -0.05) is 13.8 Å². The van der Waals surface area contributed by atoms with Crippen LogP contribution in [0.3, 0.4) is 0 Å². The van der Waals surface area contributed by atoms with Gasteiger partial charge >= 0.3 is 0 Å². The van der Waals surface area contributed by atoms with Crippen molar-refractivity contribution in [2.24, 2.45) is 0 Å². The highest BCUT2D eigenvalue weighted by Crippen LogP contribution is 2.23. The summed E-state index contributed by atoms with van der Waals surface area (Å²) >= 11 is 0. The topological polar surface area (TPSA) is 56.7 Å². The predicted octanol–water partition coefficient (Wildman–Crippen LogP) is 2.28. The molecule has 4 nitrogen and oxygen atoms in total. The first-order valence-electron chi connectivity index (χ1n) is 5.36. The standard InChI is InChI=1S/C12H16N4/c1-8(2)12-10(13)7-15-16(12)11-6-9(3)4-5-14-11/h4-8H,13H2,1-3H3. The van der Waals surface area contributed by atoms with E-state index >= 15 is 0 Å². The smallest absolute Gasteiger partial charge is 0.153 e. The van der Waals surface area contributed by atoms with Crippen molar-refractivity contribution < 1.29 is 0 Å². The molecule has 2 aromatic heterocycles. The molecule has 0 unspecified atom stereocenters. The highest BCUT2D eigenvalue weighted by Gasteiger charge is 2.13. The highest BCUT2D eigenvalue weighted by molar-refractivity contribution is 5.46. The number of nitrogens with zero attached hydrogens (tertiary/aromatic N) is 3. The van der Waals surface area contributed by atoms with Crippen LogP contribution < -0.4 is 5.73 Å². The maximum Gasteiger partial charge on any atom is 0.153 e. The zero-order valence-electron chi connectivity index (χ0n) is 9.81. The van der Waals surface area contributed by atoms with Crippen molar-refractivity contribution in [3.05, 3.63) is 35.8 Å². The van der Waals surface area contributed by atoms with E-state index in [4.69, 9.17) is 5.73 Å². The minimum absolute atomic E-state index is 0.324. The molecule has 2 N–H and O–H groups in total. The van der Waals surface area contributed by atoms with E-state index in [0.29, 0.717) is 5.92 Å². The Morgan fingerprint density at radius 1 is 1.38 bits per heavy atom. The molecule has 0 atom stereocenters. The molecule has 0 spiro atoms. The summed E-state index contributed by atoms with van der Waals surface area (Å²) in [6.07, 6.45) is 3.46. The average Bonchev–Trinajstić information content (AvgIpc) is 2.60. The average molecular weight is 216 g/mol. The van der Waals surface area contributed by atoms with Gasteiger partial charge in [-0.15, -0.1) is 0 Å². The molecule has 2 aromatic rings. The van der Waals surface area contributed by atoms with Crippen molar-refractivity contribution in [3.8, 4) is 5.82 Å². The summed E-state index contributed by atoms with van der Waals surface area (Å²) < 4.78 is 1.81. The summed E-state index contributed by atoms with van der Waals surface area (Å²) in [5.41, 5.74) is 8.80. The van der Waals surface area contributed by atoms with Gasteiger partial charge < -0.3 is 5.73 Å². The van der Waals surface area contributed by atoms with E-state index in [2.05, 4.69) is 23.9 Å². The van der Waals surface area contributed by atoms with Crippen molar-refractivity contribution in [3.63, 3.8) is 0 Å². The fraction of sp³-hybridized carbons (Fsp3) is 0.333. The number of pyridine rings is 1. The van der Waals surface area contributed by atoms with Crippen LogP contribution in [-0.4, -0.2) is 14.8 Å². The predicted molar refractivity (Wildman–Crippen MR) is 64.6 cm³/mol. The van der Waals surface area contributed by atoms with Gasteiger partial charge in [0.15, 0.2) is 5.82 Å². The maximum absolute atomic E-state index is 5.91. The molecule has 0 amide bonds. The second-order valence-corrected chi connectivity index (χ2v) is 4.24. The van der Waals surface area contributed by atoms with Crippen LogP contribution in [-0.2, 0) is 0 Å². The van der Waals surface area contributed by atoms with Gasteiger partial charge in [0.25, 0.3) is 0 Å². The number of rotatable bonds is 2. The van der Waals surface area contributed by atoms with Crippen LogP contribution in [0.1, 0.15) is 31.0 Å². The number of nitrogen functional groups attached to an aromatic ring is 1. The fourth-order valence-electron chi connectivity index (χ4n) is 1.77. The van der Waals surface area contributed by atoms with Crippen LogP contribution in [0.15, 0.2) is 24.5 Å². The van der Waals surface area contributed by atoms with Gasteiger partial charge in [0.2, 0.25) is 0 Å². The molecule has 16 heavy (non-hydrogen) atoms. The third-order valence-corrected chi connectivity index (χ3v) is 2.50. The normalized spacial score (nSPS) is 11.0. The molecule has 0 aromatic carbocycles. The van der Waals surface area contributed by atoms with Gasteiger partial charge in [-0.3, -0.25) is 0 Å². The number of aromatic nitrogens is 3. The summed E-state index contributed by atoms with van der Waals surface area (Å²) in [6, 6.07) is 3.96. The van der Waals surface area contributed by atoms with E-state index in [0.717, 1.165) is 22.8 Å². The molecular formula is C12H16N4. The molecule has 4 heteroatoms. The molecule has 2 heterocycles. The maximum atomic E-state index is 5.91. The zero-order chi connectivity index (χ0) is 11.7. The lowest BCUT2D eigenvalue weighted by Crippen LogP contribution is -2.07. The molecule has 0 bridgehead atoms. The lowest BCUT2D eigenvalue weighted by atomic mass is 10.1. The third-order valence-electron chi connectivity index (χ3n) is 2.50. The first-order chi connectivity index (χ1) is 7.59. The quantitative estimate of drug-likeness (QED) is 0.837. The van der Waals surface area contributed by atoms with E-state index in [1.54, 1.807) is 12.4 Å². The Kier molecular flexibility index (Phi) is 2.64. The molecule has 0 aliphatic heterocycles. The summed E-state index contributed by atoms with van der Waals surface area (Å²) in [7, 11) is 0. The minimum Gasteiger partial charge on any atom is -0.396 e. The molecule has 0 saturated heterocycles. The minimum atomic E-state index is 0.324. The van der Waals surface area contributed by atoms with Gasteiger partial charge in [-0.2, -0.15) is 5.10 Å². The Bertz CT molecular complexity index is 499. The van der Waals surface area contributed by atoms with Gasteiger partial charge in [-0.05, 0) is 30.5 Å². The van der Waals surface area contributed by atoms with E-state index in [-0.39, 0.29) is 0 Å². The summed E-state index contributed by atoms with van der Waals surface area (Å²) in [5.74, 6) is 1.14. The Morgan fingerprint density at radius 2 is 2.12 bits per heavy atom. The lowest BCUT2D eigenvalue weighted by molar-refractivity contribution is 0.722. The highest BCUT2D eigenvalue weighted by atomic mass is 15.3. The Hall–Kier alpha value is -1.84. The second-order valence-electron chi connectivity index (χ2n) is 4.24. The van der Waals surface area contributed by atoms with Gasteiger partial charge in [0.1, 0.15) is 0 Å². The monoisotopic (exact) mass is 216 g/mol. The molecule has 84 valence electrons. The molecular weight excluding hydrogens is 200 g/mol. The van der Waals surface area contributed by atoms with E-state index in [1.807, 2.05) is 23.7 Å².